The van der Waals surface area contributed by atoms with Gasteiger partial charge in [-0.1, -0.05) is 37.8 Å². The van der Waals surface area contributed by atoms with E-state index < -0.39 is 6.10 Å². The number of morpholine rings is 1. The van der Waals surface area contributed by atoms with Gasteiger partial charge in [-0.2, -0.15) is 27.0 Å². The van der Waals surface area contributed by atoms with Crippen molar-refractivity contribution in [2.45, 2.75) is 19.6 Å². The zero-order chi connectivity index (χ0) is 12.1. The van der Waals surface area contributed by atoms with Crippen molar-refractivity contribution in [2.24, 2.45) is 5.73 Å². The van der Waals surface area contributed by atoms with Crippen molar-refractivity contribution in [1.29, 1.82) is 0 Å². The summed E-state index contributed by atoms with van der Waals surface area (Å²) in [5.74, 6) is 0. The number of rotatable bonds is 4. The first-order valence-electron chi connectivity index (χ1n) is 6.06. The van der Waals surface area contributed by atoms with E-state index in [-0.39, 0.29) is 40.5 Å². The highest BCUT2D eigenvalue weighted by Crippen LogP contribution is 2.16. The molecule has 0 bridgehead atoms. The average Bonchev–Trinajstić information content (AvgIpc) is 2.40. The summed E-state index contributed by atoms with van der Waals surface area (Å²) < 4.78 is 5.28. The van der Waals surface area contributed by atoms with E-state index in [2.05, 4.69) is 4.90 Å². The van der Waals surface area contributed by atoms with Gasteiger partial charge in [0.1, 0.15) is 0 Å². The topological polar surface area (TPSA) is 58.7 Å². The van der Waals surface area contributed by atoms with Crippen LogP contribution in [0.2, 0.25) is 0 Å². The molecule has 6 heteroatoms. The molecule has 0 unspecified atom stereocenters. The van der Waals surface area contributed by atoms with Crippen LogP contribution < -0.4 is 5.73 Å². The van der Waals surface area contributed by atoms with Crippen LogP contribution >= 0.6 is 27.0 Å². The molecular formula is C14H28N2O2S2. The lowest BCUT2D eigenvalue weighted by molar-refractivity contribution is 0.0249. The van der Waals surface area contributed by atoms with Crippen LogP contribution in [0.4, 0.5) is 0 Å². The summed E-state index contributed by atoms with van der Waals surface area (Å²) in [5, 5.41) is 10.1. The quantitative estimate of drug-likeness (QED) is 0.876. The molecule has 1 aromatic rings. The largest absolute Gasteiger partial charge is 0.387 e. The molecule has 1 heterocycles. The van der Waals surface area contributed by atoms with Crippen LogP contribution in [0.1, 0.15) is 19.1 Å². The Morgan fingerprint density at radius 1 is 1.15 bits per heavy atom. The number of aliphatic hydroxyl groups is 1. The van der Waals surface area contributed by atoms with E-state index in [0.29, 0.717) is 6.54 Å². The van der Waals surface area contributed by atoms with Crippen molar-refractivity contribution >= 4 is 27.0 Å². The lowest BCUT2D eigenvalue weighted by Crippen LogP contribution is -2.45. The highest BCUT2D eigenvalue weighted by Gasteiger charge is 2.20. The van der Waals surface area contributed by atoms with Crippen LogP contribution in [0.15, 0.2) is 30.3 Å². The van der Waals surface area contributed by atoms with Crippen LogP contribution in [0.25, 0.3) is 0 Å². The lowest BCUT2D eigenvalue weighted by atomic mass is 10.0. The maximum atomic E-state index is 10.1. The van der Waals surface area contributed by atoms with E-state index in [9.17, 15) is 5.11 Å². The predicted molar refractivity (Wildman–Crippen MR) is 94.1 cm³/mol. The molecule has 1 aliphatic rings. The van der Waals surface area contributed by atoms with Crippen molar-refractivity contribution < 1.29 is 9.84 Å². The second-order valence-electron chi connectivity index (χ2n) is 4.43. The van der Waals surface area contributed by atoms with Crippen LogP contribution in [0.3, 0.4) is 0 Å². The first-order valence-corrected chi connectivity index (χ1v) is 6.06. The Labute approximate surface area is 136 Å². The molecule has 1 aliphatic heterocycles. The Morgan fingerprint density at radius 2 is 1.70 bits per heavy atom. The van der Waals surface area contributed by atoms with Crippen molar-refractivity contribution in [3.05, 3.63) is 35.9 Å². The Balaban J connectivity index is 0. The number of benzene rings is 1. The van der Waals surface area contributed by atoms with Gasteiger partial charge in [0, 0.05) is 25.7 Å². The van der Waals surface area contributed by atoms with Gasteiger partial charge in [0.2, 0.25) is 0 Å². The summed E-state index contributed by atoms with van der Waals surface area (Å²) in [4.78, 5) is 2.24. The molecule has 0 spiro atoms. The molecular weight excluding hydrogens is 292 g/mol. The molecule has 1 fully saturated rings. The molecule has 1 saturated heterocycles. The van der Waals surface area contributed by atoms with Gasteiger partial charge >= 0.3 is 0 Å². The van der Waals surface area contributed by atoms with Crippen molar-refractivity contribution in [3.63, 3.8) is 0 Å². The van der Waals surface area contributed by atoms with Crippen molar-refractivity contribution in [2.75, 3.05) is 32.8 Å². The summed E-state index contributed by atoms with van der Waals surface area (Å²) in [6.07, 6.45) is -0.598. The third-order valence-corrected chi connectivity index (χ3v) is 3.12. The SMILES string of the molecule is C.N[C@@H](CN1CCOCC1)[C@@H](O)c1ccccc1.S.S. The monoisotopic (exact) mass is 320 g/mol. The van der Waals surface area contributed by atoms with E-state index >= 15 is 0 Å². The molecule has 2 atom stereocenters. The van der Waals surface area contributed by atoms with E-state index in [1.165, 1.54) is 0 Å². The zero-order valence-corrected chi connectivity index (χ0v) is 13.0. The fourth-order valence-electron chi connectivity index (χ4n) is 2.08. The number of hydrogen-bond acceptors (Lipinski definition) is 4. The molecule has 0 aliphatic carbocycles. The molecule has 4 nitrogen and oxygen atoms in total. The van der Waals surface area contributed by atoms with Gasteiger partial charge in [-0.05, 0) is 5.56 Å². The predicted octanol–water partition coefficient (Wildman–Crippen LogP) is 1.24. The third kappa shape index (κ3) is 6.47. The summed E-state index contributed by atoms with van der Waals surface area (Å²) in [6.45, 7) is 4.02. The molecule has 0 amide bonds. The highest BCUT2D eigenvalue weighted by atomic mass is 32.1. The van der Waals surface area contributed by atoms with Crippen molar-refractivity contribution in [3.8, 4) is 0 Å². The minimum absolute atomic E-state index is 0. The minimum Gasteiger partial charge on any atom is -0.387 e. The Kier molecular flexibility index (Phi) is 12.6. The standard InChI is InChI=1S/C13H20N2O2.CH4.2H2S/c14-12(10-15-6-8-17-9-7-15)13(16)11-4-2-1-3-5-11;;;/h1-5,12-13,16H,6-10,14H2;1H4;2*1H2/t12-,13-;;;/m0.../s1. The molecule has 0 saturated carbocycles. The molecule has 0 radical (unpaired) electrons. The lowest BCUT2D eigenvalue weighted by Gasteiger charge is -2.30. The summed E-state index contributed by atoms with van der Waals surface area (Å²) in [5.41, 5.74) is 6.93. The number of aliphatic hydroxyl groups excluding tert-OH is 1. The van der Waals surface area contributed by atoms with Crippen LogP contribution in [-0.4, -0.2) is 48.9 Å². The highest BCUT2D eigenvalue weighted by molar-refractivity contribution is 7.59. The fraction of sp³-hybridized carbons (Fsp3) is 0.571. The van der Waals surface area contributed by atoms with E-state index in [0.717, 1.165) is 31.9 Å². The smallest absolute Gasteiger partial charge is 0.0953 e. The molecule has 1 aromatic carbocycles. The zero-order valence-electron chi connectivity index (χ0n) is 11.0. The molecule has 3 N–H and O–H groups in total. The van der Waals surface area contributed by atoms with Crippen LogP contribution in [0, 0.1) is 0 Å². The molecule has 20 heavy (non-hydrogen) atoms. The van der Waals surface area contributed by atoms with Gasteiger partial charge in [0.05, 0.1) is 19.3 Å². The van der Waals surface area contributed by atoms with Crippen LogP contribution in [-0.2, 0) is 4.74 Å². The van der Waals surface area contributed by atoms with E-state index in [1.54, 1.807) is 0 Å². The van der Waals surface area contributed by atoms with Gasteiger partial charge in [0.15, 0.2) is 0 Å². The minimum atomic E-state index is -0.598. The average molecular weight is 321 g/mol. The maximum absolute atomic E-state index is 10.1. The van der Waals surface area contributed by atoms with E-state index in [4.69, 9.17) is 10.5 Å². The maximum Gasteiger partial charge on any atom is 0.0953 e. The van der Waals surface area contributed by atoms with Gasteiger partial charge in [-0.25, -0.2) is 0 Å². The number of ether oxygens (including phenoxy) is 1. The van der Waals surface area contributed by atoms with Gasteiger partial charge in [-0.3, -0.25) is 4.90 Å². The Bertz CT molecular complexity index is 335. The van der Waals surface area contributed by atoms with Gasteiger partial charge in [-0.15, -0.1) is 0 Å². The normalized spacial score (nSPS) is 17.9. The summed E-state index contributed by atoms with van der Waals surface area (Å²) >= 11 is 0. The molecule has 0 aromatic heterocycles. The van der Waals surface area contributed by atoms with Crippen molar-refractivity contribution in [1.82, 2.24) is 4.90 Å². The fourth-order valence-corrected chi connectivity index (χ4v) is 2.08. The Hall–Kier alpha value is -0.240. The summed E-state index contributed by atoms with van der Waals surface area (Å²) in [6, 6.07) is 9.33. The second kappa shape index (κ2) is 11.4. The van der Waals surface area contributed by atoms with Crippen LogP contribution in [0.5, 0.6) is 0 Å². The first-order chi connectivity index (χ1) is 8.27. The first kappa shape index (κ1) is 22.0. The molecule has 2 rings (SSSR count). The Morgan fingerprint density at radius 3 is 2.25 bits per heavy atom. The number of nitrogens with zero attached hydrogens (tertiary/aromatic N) is 1. The molecule has 118 valence electrons. The third-order valence-electron chi connectivity index (χ3n) is 3.12. The summed E-state index contributed by atoms with van der Waals surface area (Å²) in [7, 11) is 0. The van der Waals surface area contributed by atoms with Gasteiger partial charge in [0.25, 0.3) is 0 Å². The van der Waals surface area contributed by atoms with E-state index in [1.807, 2.05) is 30.3 Å². The second-order valence-corrected chi connectivity index (χ2v) is 4.43. The number of nitrogens with two attached hydrogens (primary N) is 1. The number of hydrogen-bond donors (Lipinski definition) is 2. The van der Waals surface area contributed by atoms with Gasteiger partial charge < -0.3 is 15.6 Å².